The van der Waals surface area contributed by atoms with Crippen LogP contribution in [0.3, 0.4) is 0 Å². The predicted molar refractivity (Wildman–Crippen MR) is 110 cm³/mol. The van der Waals surface area contributed by atoms with Crippen molar-refractivity contribution in [3.63, 3.8) is 0 Å². The number of carbonyl (C=O) groups is 1. The molecule has 0 radical (unpaired) electrons. The molecule has 2 N–H and O–H groups in total. The second-order valence-electron chi connectivity index (χ2n) is 5.73. The van der Waals surface area contributed by atoms with Crippen molar-refractivity contribution in [2.24, 2.45) is 4.99 Å². The van der Waals surface area contributed by atoms with Gasteiger partial charge < -0.3 is 19.7 Å². The van der Waals surface area contributed by atoms with Gasteiger partial charge in [0.2, 0.25) is 0 Å². The maximum atomic E-state index is 12.4. The molecule has 0 unspecified atom stereocenters. The summed E-state index contributed by atoms with van der Waals surface area (Å²) in [5, 5.41) is 20.9. The zero-order valence-electron chi connectivity index (χ0n) is 15.4. The number of rotatable bonds is 5. The summed E-state index contributed by atoms with van der Waals surface area (Å²) in [4.78, 5) is 17.3. The maximum absolute atomic E-state index is 12.4. The van der Waals surface area contributed by atoms with E-state index in [9.17, 15) is 15.0 Å². The number of para-hydroxylation sites is 1. The molecule has 6 nitrogen and oxygen atoms in total. The Morgan fingerprint density at radius 1 is 1.18 bits per heavy atom. The second kappa shape index (κ2) is 8.67. The summed E-state index contributed by atoms with van der Waals surface area (Å²) >= 11 is 1.13. The molecular formula is C21H19NO5S. The fourth-order valence-electron chi connectivity index (χ4n) is 2.54. The number of aliphatic hydroxyl groups is 1. The Hall–Kier alpha value is -3.19. The molecule has 0 bridgehead atoms. The number of methoxy groups -OCH3 is 1. The molecule has 0 saturated heterocycles. The minimum Gasteiger partial charge on any atom is -0.507 e. The van der Waals surface area contributed by atoms with Gasteiger partial charge in [0.25, 0.3) is 0 Å². The Balaban J connectivity index is 2.06. The number of phenols is 1. The van der Waals surface area contributed by atoms with Crippen LogP contribution in [0.15, 0.2) is 69.8 Å². The maximum Gasteiger partial charge on any atom is 0.344 e. The van der Waals surface area contributed by atoms with Crippen LogP contribution in [-0.2, 0) is 9.53 Å². The number of aromatic hydroxyl groups is 1. The lowest BCUT2D eigenvalue weighted by Gasteiger charge is -2.04. The number of phenolic OH excluding ortho intramolecular Hbond substituents is 1. The molecule has 1 aliphatic rings. The smallest absolute Gasteiger partial charge is 0.344 e. The van der Waals surface area contributed by atoms with Crippen molar-refractivity contribution in [1.82, 2.24) is 0 Å². The molecule has 1 heterocycles. The fraction of sp³-hybridized carbons (Fsp3) is 0.143. The summed E-state index contributed by atoms with van der Waals surface area (Å²) < 4.78 is 10.3. The normalized spacial score (nSPS) is 16.6. The van der Waals surface area contributed by atoms with Gasteiger partial charge in [0, 0.05) is 11.6 Å². The Bertz CT molecular complexity index is 994. The molecule has 1 aliphatic heterocycles. The number of ether oxygens (including phenoxy) is 2. The van der Waals surface area contributed by atoms with Crippen LogP contribution in [0.1, 0.15) is 12.5 Å². The quantitative estimate of drug-likeness (QED) is 0.717. The molecule has 7 heteroatoms. The molecule has 0 fully saturated rings. The number of hydrogen-bond acceptors (Lipinski definition) is 7. The van der Waals surface area contributed by atoms with Crippen molar-refractivity contribution in [2.45, 2.75) is 6.92 Å². The van der Waals surface area contributed by atoms with Gasteiger partial charge in [0.05, 0.1) is 24.3 Å². The average molecular weight is 397 g/mol. The summed E-state index contributed by atoms with van der Waals surface area (Å²) in [7, 11) is 1.56. The van der Waals surface area contributed by atoms with E-state index in [0.717, 1.165) is 11.8 Å². The highest BCUT2D eigenvalue weighted by Crippen LogP contribution is 2.41. The second-order valence-corrected chi connectivity index (χ2v) is 6.76. The third-order valence-electron chi connectivity index (χ3n) is 3.88. The van der Waals surface area contributed by atoms with E-state index in [2.05, 4.69) is 4.99 Å². The van der Waals surface area contributed by atoms with Crippen molar-refractivity contribution in [3.05, 3.63) is 70.3 Å². The van der Waals surface area contributed by atoms with Crippen LogP contribution in [0.2, 0.25) is 0 Å². The lowest BCUT2D eigenvalue weighted by Crippen LogP contribution is -2.12. The Morgan fingerprint density at radius 3 is 2.68 bits per heavy atom. The molecule has 0 aromatic heterocycles. The van der Waals surface area contributed by atoms with E-state index < -0.39 is 5.97 Å². The number of nitrogens with zero attached hydrogens (tertiary/aromatic N) is 1. The van der Waals surface area contributed by atoms with E-state index in [-0.39, 0.29) is 23.7 Å². The van der Waals surface area contributed by atoms with E-state index in [0.29, 0.717) is 26.9 Å². The fourth-order valence-corrected chi connectivity index (χ4v) is 3.57. The molecule has 144 valence electrons. The molecule has 0 aliphatic carbocycles. The van der Waals surface area contributed by atoms with Crippen LogP contribution in [0, 0.1) is 0 Å². The Kier molecular flexibility index (Phi) is 6.06. The van der Waals surface area contributed by atoms with Crippen LogP contribution in [0.25, 0.3) is 6.08 Å². The van der Waals surface area contributed by atoms with Crippen molar-refractivity contribution in [3.8, 4) is 11.5 Å². The topological polar surface area (TPSA) is 88.4 Å². The molecule has 0 atom stereocenters. The van der Waals surface area contributed by atoms with Gasteiger partial charge in [0.1, 0.15) is 27.9 Å². The third-order valence-corrected chi connectivity index (χ3v) is 4.90. The Labute approximate surface area is 166 Å². The number of esters is 1. The van der Waals surface area contributed by atoms with E-state index in [1.807, 2.05) is 0 Å². The predicted octanol–water partition coefficient (Wildman–Crippen LogP) is 4.59. The molecule has 0 spiro atoms. The largest absolute Gasteiger partial charge is 0.507 e. The van der Waals surface area contributed by atoms with E-state index in [1.165, 1.54) is 0 Å². The summed E-state index contributed by atoms with van der Waals surface area (Å²) in [5.74, 6) is -0.192. The zero-order chi connectivity index (χ0) is 20.1. The molecule has 0 saturated carbocycles. The standard InChI is InChI=1S/C21H19NO5S/c1-3-27-21(25)18-19(24)17(11-13-7-4-5-10-16(13)23)28-20(18)22-14-8-6-9-15(12-14)26-2/h4-12,23-24H,3H2,1-2H3. The molecular weight excluding hydrogens is 378 g/mol. The van der Waals surface area contributed by atoms with E-state index in [1.54, 1.807) is 68.6 Å². The molecule has 0 amide bonds. The van der Waals surface area contributed by atoms with Crippen LogP contribution in [0.5, 0.6) is 11.5 Å². The average Bonchev–Trinajstić information content (AvgIpc) is 2.99. The SMILES string of the molecule is CCOC(=O)C1=C(O)C(=Cc2ccccc2O)SC1=Nc1cccc(OC)c1. The summed E-state index contributed by atoms with van der Waals surface area (Å²) in [6.45, 7) is 1.86. The van der Waals surface area contributed by atoms with Crippen LogP contribution in [-0.4, -0.2) is 34.9 Å². The summed E-state index contributed by atoms with van der Waals surface area (Å²) in [6.07, 6.45) is 1.60. The van der Waals surface area contributed by atoms with Gasteiger partial charge >= 0.3 is 5.97 Å². The van der Waals surface area contributed by atoms with Gasteiger partial charge in [-0.25, -0.2) is 9.79 Å². The van der Waals surface area contributed by atoms with E-state index in [4.69, 9.17) is 9.47 Å². The molecule has 3 rings (SSSR count). The number of thioether (sulfide) groups is 1. The molecule has 2 aromatic rings. The highest BCUT2D eigenvalue weighted by atomic mass is 32.2. The number of benzene rings is 2. The number of hydrogen-bond donors (Lipinski definition) is 2. The Morgan fingerprint density at radius 2 is 1.96 bits per heavy atom. The zero-order valence-corrected chi connectivity index (χ0v) is 16.2. The van der Waals surface area contributed by atoms with Crippen molar-refractivity contribution in [1.29, 1.82) is 0 Å². The van der Waals surface area contributed by atoms with Gasteiger partial charge in [0.15, 0.2) is 0 Å². The highest BCUT2D eigenvalue weighted by molar-refractivity contribution is 8.18. The number of carbonyl (C=O) groups excluding carboxylic acids is 1. The van der Waals surface area contributed by atoms with Gasteiger partial charge in [-0.1, -0.05) is 36.0 Å². The lowest BCUT2D eigenvalue weighted by atomic mass is 10.1. The van der Waals surface area contributed by atoms with Gasteiger partial charge in [-0.05, 0) is 31.2 Å². The van der Waals surface area contributed by atoms with Crippen molar-refractivity contribution in [2.75, 3.05) is 13.7 Å². The first-order valence-electron chi connectivity index (χ1n) is 8.55. The van der Waals surface area contributed by atoms with Crippen LogP contribution < -0.4 is 4.74 Å². The lowest BCUT2D eigenvalue weighted by molar-refractivity contribution is -0.138. The van der Waals surface area contributed by atoms with Crippen molar-refractivity contribution < 1.29 is 24.5 Å². The van der Waals surface area contributed by atoms with Crippen LogP contribution in [0.4, 0.5) is 5.69 Å². The van der Waals surface area contributed by atoms with Gasteiger partial charge in [-0.3, -0.25) is 0 Å². The minimum absolute atomic E-state index is 0.00339. The third kappa shape index (κ3) is 4.20. The molecule has 2 aromatic carbocycles. The first kappa shape index (κ1) is 19.6. The number of aliphatic hydroxyl groups excluding tert-OH is 1. The molecule has 28 heavy (non-hydrogen) atoms. The van der Waals surface area contributed by atoms with Crippen molar-refractivity contribution >= 4 is 34.5 Å². The summed E-state index contributed by atoms with van der Waals surface area (Å²) in [6, 6.07) is 13.8. The van der Waals surface area contributed by atoms with E-state index >= 15 is 0 Å². The highest BCUT2D eigenvalue weighted by Gasteiger charge is 2.33. The van der Waals surface area contributed by atoms with Crippen LogP contribution >= 0.6 is 11.8 Å². The number of aliphatic imine (C=N–C) groups is 1. The first-order valence-corrected chi connectivity index (χ1v) is 9.36. The summed E-state index contributed by atoms with van der Waals surface area (Å²) in [5.41, 5.74) is 1.08. The minimum atomic E-state index is -0.658. The monoisotopic (exact) mass is 397 g/mol. The van der Waals surface area contributed by atoms with Gasteiger partial charge in [-0.2, -0.15) is 0 Å². The van der Waals surface area contributed by atoms with Gasteiger partial charge in [-0.15, -0.1) is 0 Å². The first-order chi connectivity index (χ1) is 13.5.